The van der Waals surface area contributed by atoms with Gasteiger partial charge in [0.15, 0.2) is 5.75 Å². The number of alkyl halides is 3. The Labute approximate surface area is 212 Å². The predicted molar refractivity (Wildman–Crippen MR) is 134 cm³/mol. The van der Waals surface area contributed by atoms with E-state index >= 15 is 0 Å². The van der Waals surface area contributed by atoms with Crippen LogP contribution in [0.3, 0.4) is 0 Å². The van der Waals surface area contributed by atoms with Crippen molar-refractivity contribution < 1.29 is 27.4 Å². The number of hydrogen-bond acceptors (Lipinski definition) is 5. The van der Waals surface area contributed by atoms with Crippen molar-refractivity contribution in [2.75, 3.05) is 26.7 Å². The summed E-state index contributed by atoms with van der Waals surface area (Å²) in [6, 6.07) is 15.8. The van der Waals surface area contributed by atoms with Crippen LogP contribution >= 0.6 is 0 Å². The number of aliphatic imine (C=N–C) groups is 1. The van der Waals surface area contributed by atoms with Crippen molar-refractivity contribution in [1.29, 1.82) is 0 Å². The largest absolute Gasteiger partial charge is 0.497 e. The van der Waals surface area contributed by atoms with Crippen molar-refractivity contribution in [3.63, 3.8) is 0 Å². The highest BCUT2D eigenvalue weighted by molar-refractivity contribution is 6.04. The second kappa shape index (κ2) is 9.46. The van der Waals surface area contributed by atoms with Crippen LogP contribution in [0.1, 0.15) is 34.0 Å². The fourth-order valence-electron chi connectivity index (χ4n) is 4.75. The summed E-state index contributed by atoms with van der Waals surface area (Å²) in [6.07, 6.45) is -4.61. The van der Waals surface area contributed by atoms with Crippen LogP contribution in [0.25, 0.3) is 0 Å². The number of piperazine rings is 1. The fourth-order valence-corrected chi connectivity index (χ4v) is 4.75. The van der Waals surface area contributed by atoms with Crippen molar-refractivity contribution in [1.82, 2.24) is 9.80 Å². The van der Waals surface area contributed by atoms with Crippen molar-refractivity contribution in [3.8, 4) is 17.2 Å². The van der Waals surface area contributed by atoms with Crippen LogP contribution in [-0.4, -0.2) is 54.3 Å². The molecule has 1 unspecified atom stereocenters. The van der Waals surface area contributed by atoms with Gasteiger partial charge in [-0.05, 0) is 61.9 Å². The molecule has 1 saturated heterocycles. The fraction of sp³-hybridized carbons (Fsp3) is 0.286. The predicted octanol–water partition coefficient (Wildman–Crippen LogP) is 6.05. The van der Waals surface area contributed by atoms with Gasteiger partial charge in [-0.25, -0.2) is 4.99 Å². The molecule has 3 aromatic carbocycles. The van der Waals surface area contributed by atoms with Gasteiger partial charge in [-0.1, -0.05) is 18.2 Å². The summed E-state index contributed by atoms with van der Waals surface area (Å²) in [5.74, 6) is 1.92. The number of rotatable bonds is 2. The second-order valence-corrected chi connectivity index (χ2v) is 9.21. The highest BCUT2D eigenvalue weighted by Crippen LogP contribution is 2.40. The van der Waals surface area contributed by atoms with Gasteiger partial charge in [0, 0.05) is 25.7 Å². The molecule has 1 amide bonds. The standard InChI is InChI=1S/C28H26F3N3O3/c1-17-8-10-23-25(14-17)37-24-11-9-19(36-3)15-21(24)26(32-23)33-12-13-34(18(2)16-33)27(35)20-6-4-5-7-22(20)28(29,30)31/h4-11,14-15,18H,12-13,16H2,1-3H3. The van der Waals surface area contributed by atoms with Gasteiger partial charge in [0.05, 0.1) is 23.8 Å². The summed E-state index contributed by atoms with van der Waals surface area (Å²) in [6.45, 7) is 4.82. The number of amides is 1. The van der Waals surface area contributed by atoms with Crippen molar-refractivity contribution in [3.05, 3.63) is 82.9 Å². The molecular weight excluding hydrogens is 483 g/mol. The molecule has 1 atom stereocenters. The molecular formula is C28H26F3N3O3. The van der Waals surface area contributed by atoms with Gasteiger partial charge in [-0.3, -0.25) is 4.79 Å². The Hall–Kier alpha value is -4.01. The molecule has 37 heavy (non-hydrogen) atoms. The minimum atomic E-state index is -4.61. The van der Waals surface area contributed by atoms with E-state index in [-0.39, 0.29) is 18.2 Å². The molecule has 0 aliphatic carbocycles. The molecule has 2 heterocycles. The van der Waals surface area contributed by atoms with Gasteiger partial charge < -0.3 is 19.3 Å². The van der Waals surface area contributed by atoms with Gasteiger partial charge in [-0.2, -0.15) is 13.2 Å². The Bertz CT molecular complexity index is 1390. The van der Waals surface area contributed by atoms with Crippen LogP contribution in [0.15, 0.2) is 65.7 Å². The molecule has 6 nitrogen and oxygen atoms in total. The third-order valence-corrected chi connectivity index (χ3v) is 6.64. The van der Waals surface area contributed by atoms with E-state index in [2.05, 4.69) is 0 Å². The monoisotopic (exact) mass is 509 g/mol. The first-order valence-electron chi connectivity index (χ1n) is 11.9. The van der Waals surface area contributed by atoms with E-state index < -0.39 is 17.6 Å². The minimum absolute atomic E-state index is 0.242. The normalized spacial score (nSPS) is 17.2. The lowest BCUT2D eigenvalue weighted by Gasteiger charge is -2.41. The van der Waals surface area contributed by atoms with E-state index in [1.54, 1.807) is 7.11 Å². The highest BCUT2D eigenvalue weighted by atomic mass is 19.4. The van der Waals surface area contributed by atoms with Crippen LogP contribution in [0.4, 0.5) is 18.9 Å². The summed E-state index contributed by atoms with van der Waals surface area (Å²) in [4.78, 5) is 21.7. The number of hydrogen-bond donors (Lipinski definition) is 0. The molecule has 192 valence electrons. The molecule has 0 saturated carbocycles. The number of benzene rings is 3. The number of methoxy groups -OCH3 is 1. The van der Waals surface area contributed by atoms with E-state index in [1.165, 1.54) is 23.1 Å². The maximum absolute atomic E-state index is 13.5. The Balaban J connectivity index is 1.47. The van der Waals surface area contributed by atoms with Crippen LogP contribution in [0.2, 0.25) is 0 Å². The first kappa shape index (κ1) is 24.7. The average molecular weight is 510 g/mol. The van der Waals surface area contributed by atoms with Crippen molar-refractivity contribution >= 4 is 17.4 Å². The summed E-state index contributed by atoms with van der Waals surface area (Å²) >= 11 is 0. The number of ether oxygens (including phenoxy) is 2. The number of nitrogens with zero attached hydrogens (tertiary/aromatic N) is 3. The van der Waals surface area contributed by atoms with E-state index in [0.29, 0.717) is 41.9 Å². The Morgan fingerprint density at radius 2 is 1.84 bits per heavy atom. The molecule has 0 N–H and O–H groups in total. The Kier molecular flexibility index (Phi) is 6.31. The molecule has 2 aliphatic heterocycles. The minimum Gasteiger partial charge on any atom is -0.497 e. The van der Waals surface area contributed by atoms with Crippen molar-refractivity contribution in [2.24, 2.45) is 4.99 Å². The molecule has 3 aromatic rings. The number of halogens is 3. The van der Waals surface area contributed by atoms with Gasteiger partial charge in [0.2, 0.25) is 0 Å². The first-order valence-corrected chi connectivity index (χ1v) is 11.9. The average Bonchev–Trinajstić information content (AvgIpc) is 3.03. The van der Waals surface area contributed by atoms with Crippen LogP contribution in [-0.2, 0) is 6.18 Å². The van der Waals surface area contributed by atoms with Crippen molar-refractivity contribution in [2.45, 2.75) is 26.1 Å². The Morgan fingerprint density at radius 3 is 2.57 bits per heavy atom. The second-order valence-electron chi connectivity index (χ2n) is 9.21. The van der Waals surface area contributed by atoms with E-state index in [1.807, 2.05) is 55.1 Å². The number of aryl methyl sites for hydroxylation is 1. The Morgan fingerprint density at radius 1 is 1.05 bits per heavy atom. The summed E-state index contributed by atoms with van der Waals surface area (Å²) in [7, 11) is 1.58. The van der Waals surface area contributed by atoms with Gasteiger partial charge in [0.25, 0.3) is 5.91 Å². The number of fused-ring (bicyclic) bond motifs is 2. The molecule has 9 heteroatoms. The molecule has 0 aromatic heterocycles. The van der Waals surface area contributed by atoms with Gasteiger partial charge in [0.1, 0.15) is 23.0 Å². The molecule has 0 radical (unpaired) electrons. The maximum Gasteiger partial charge on any atom is 0.417 e. The zero-order valence-electron chi connectivity index (χ0n) is 20.7. The summed E-state index contributed by atoms with van der Waals surface area (Å²) < 4.78 is 52.3. The lowest BCUT2D eigenvalue weighted by Crippen LogP contribution is -2.55. The lowest BCUT2D eigenvalue weighted by molar-refractivity contribution is -0.138. The maximum atomic E-state index is 13.5. The third kappa shape index (κ3) is 4.73. The van der Waals surface area contributed by atoms with E-state index in [9.17, 15) is 18.0 Å². The highest BCUT2D eigenvalue weighted by Gasteiger charge is 2.38. The van der Waals surface area contributed by atoms with Gasteiger partial charge >= 0.3 is 6.18 Å². The van der Waals surface area contributed by atoms with E-state index in [4.69, 9.17) is 14.5 Å². The first-order chi connectivity index (χ1) is 17.7. The quantitative estimate of drug-likeness (QED) is 0.422. The number of amidine groups is 1. The van der Waals surface area contributed by atoms with Crippen LogP contribution in [0.5, 0.6) is 17.2 Å². The number of carbonyl (C=O) groups is 1. The zero-order valence-corrected chi connectivity index (χ0v) is 20.7. The molecule has 0 spiro atoms. The molecule has 1 fully saturated rings. The van der Waals surface area contributed by atoms with Crippen LogP contribution < -0.4 is 9.47 Å². The molecule has 5 rings (SSSR count). The van der Waals surface area contributed by atoms with E-state index in [0.717, 1.165) is 17.2 Å². The topological polar surface area (TPSA) is 54.4 Å². The molecule has 0 bridgehead atoms. The van der Waals surface area contributed by atoms with Gasteiger partial charge in [-0.15, -0.1) is 0 Å². The summed E-state index contributed by atoms with van der Waals surface area (Å²) in [5.41, 5.74) is 1.18. The smallest absolute Gasteiger partial charge is 0.417 e. The third-order valence-electron chi connectivity index (χ3n) is 6.64. The van der Waals surface area contributed by atoms with Crippen LogP contribution in [0, 0.1) is 6.92 Å². The summed E-state index contributed by atoms with van der Waals surface area (Å²) in [5, 5.41) is 0. The number of carbonyl (C=O) groups excluding carboxylic acids is 1. The lowest BCUT2D eigenvalue weighted by atomic mass is 10.0. The molecule has 2 aliphatic rings. The zero-order chi connectivity index (χ0) is 26.3. The SMILES string of the molecule is COc1ccc2c(c1)C(N1CCN(C(=O)c3ccccc3C(F)(F)F)C(C)C1)=Nc1ccc(C)cc1O2.